The average Bonchev–Trinajstić information content (AvgIpc) is 2.75. The minimum atomic E-state index is -0.950. The molecule has 3 fully saturated rings. The molecule has 0 bridgehead atoms. The lowest BCUT2D eigenvalue weighted by Crippen LogP contribution is -2.61. The SMILES string of the molecule is CCCNN(C(=O)/C=C/N1CCN(CC2CCNCC2)CC1)[C@@H]1CCC(O)NC1O. The van der Waals surface area contributed by atoms with Gasteiger partial charge in [-0.05, 0) is 51.1 Å². The first-order valence-corrected chi connectivity index (χ1v) is 11.6. The van der Waals surface area contributed by atoms with Crippen LogP contribution in [0, 0.1) is 5.92 Å². The standard InChI is InChI=1S/C21H40N6O3/c1-2-8-23-27(18-3-4-19(28)24-21(18)30)20(29)7-11-25-12-14-26(15-13-25)16-17-5-9-22-10-6-17/h7,11,17-19,21-24,28,30H,2-6,8-10,12-16H2,1H3/b11-7+/t18-,19?,21?/m1/s1. The Morgan fingerprint density at radius 1 is 1.13 bits per heavy atom. The van der Waals surface area contributed by atoms with Crippen molar-refractivity contribution in [2.24, 2.45) is 5.92 Å². The average molecular weight is 425 g/mol. The van der Waals surface area contributed by atoms with Crippen molar-refractivity contribution in [3.05, 3.63) is 12.3 Å². The van der Waals surface area contributed by atoms with Crippen LogP contribution in [0.15, 0.2) is 12.3 Å². The summed E-state index contributed by atoms with van der Waals surface area (Å²) in [5, 5.41) is 27.6. The molecule has 0 radical (unpaired) electrons. The fourth-order valence-electron chi connectivity index (χ4n) is 4.51. The first-order valence-electron chi connectivity index (χ1n) is 11.6. The molecule has 0 aromatic heterocycles. The van der Waals surface area contributed by atoms with Crippen LogP contribution in [0.5, 0.6) is 0 Å². The topological polar surface area (TPSA) is 103 Å². The number of amides is 1. The van der Waals surface area contributed by atoms with Crippen molar-refractivity contribution in [2.75, 3.05) is 52.4 Å². The Kier molecular flexibility index (Phi) is 9.35. The van der Waals surface area contributed by atoms with E-state index in [1.807, 2.05) is 13.1 Å². The van der Waals surface area contributed by atoms with E-state index in [2.05, 4.69) is 25.9 Å². The number of piperidine rings is 2. The van der Waals surface area contributed by atoms with Crippen molar-refractivity contribution in [3.8, 4) is 0 Å². The Morgan fingerprint density at radius 3 is 2.53 bits per heavy atom. The van der Waals surface area contributed by atoms with Crippen LogP contribution in [-0.4, -0.2) is 102 Å². The van der Waals surface area contributed by atoms with Crippen LogP contribution >= 0.6 is 0 Å². The zero-order valence-corrected chi connectivity index (χ0v) is 18.3. The molecule has 0 spiro atoms. The molecule has 3 aliphatic heterocycles. The summed E-state index contributed by atoms with van der Waals surface area (Å²) in [4.78, 5) is 17.6. The van der Waals surface area contributed by atoms with E-state index in [0.717, 1.165) is 51.6 Å². The van der Waals surface area contributed by atoms with Crippen molar-refractivity contribution in [1.29, 1.82) is 0 Å². The van der Waals surface area contributed by atoms with E-state index >= 15 is 0 Å². The van der Waals surface area contributed by atoms with Crippen LogP contribution in [0.4, 0.5) is 0 Å². The molecule has 3 rings (SSSR count). The zero-order chi connectivity index (χ0) is 21.3. The number of carbonyl (C=O) groups is 1. The predicted octanol–water partition coefficient (Wildman–Crippen LogP) is -0.751. The number of rotatable bonds is 8. The number of nitrogens with one attached hydrogen (secondary N) is 3. The van der Waals surface area contributed by atoms with Gasteiger partial charge in [0.1, 0.15) is 12.5 Å². The lowest BCUT2D eigenvalue weighted by molar-refractivity contribution is -0.141. The summed E-state index contributed by atoms with van der Waals surface area (Å²) < 4.78 is 0. The number of piperazine rings is 1. The molecule has 3 saturated heterocycles. The Labute approximate surface area is 180 Å². The third-order valence-electron chi connectivity index (χ3n) is 6.37. The van der Waals surface area contributed by atoms with E-state index < -0.39 is 18.5 Å². The van der Waals surface area contributed by atoms with E-state index in [4.69, 9.17) is 0 Å². The molecule has 5 N–H and O–H groups in total. The second-order valence-corrected chi connectivity index (χ2v) is 8.73. The Hall–Kier alpha value is -1.23. The molecule has 3 aliphatic rings. The Balaban J connectivity index is 1.47. The summed E-state index contributed by atoms with van der Waals surface area (Å²) in [7, 11) is 0. The summed E-state index contributed by atoms with van der Waals surface area (Å²) in [6.45, 7) is 10.1. The smallest absolute Gasteiger partial charge is 0.262 e. The molecule has 2 unspecified atom stereocenters. The third kappa shape index (κ3) is 6.90. The van der Waals surface area contributed by atoms with Crippen molar-refractivity contribution >= 4 is 5.91 Å². The first-order chi connectivity index (χ1) is 14.6. The van der Waals surface area contributed by atoms with Crippen LogP contribution in [0.1, 0.15) is 39.0 Å². The maximum atomic E-state index is 12.9. The molecule has 9 heteroatoms. The van der Waals surface area contributed by atoms with Crippen molar-refractivity contribution < 1.29 is 15.0 Å². The summed E-state index contributed by atoms with van der Waals surface area (Å²) in [6.07, 6.45) is 6.28. The van der Waals surface area contributed by atoms with E-state index in [1.54, 1.807) is 6.08 Å². The predicted molar refractivity (Wildman–Crippen MR) is 116 cm³/mol. The van der Waals surface area contributed by atoms with Gasteiger partial charge >= 0.3 is 0 Å². The van der Waals surface area contributed by atoms with Crippen LogP contribution in [0.2, 0.25) is 0 Å². The van der Waals surface area contributed by atoms with Gasteiger partial charge in [0.2, 0.25) is 0 Å². The lowest BCUT2D eigenvalue weighted by atomic mass is 9.97. The van der Waals surface area contributed by atoms with Gasteiger partial charge in [0.05, 0.1) is 6.04 Å². The minimum absolute atomic E-state index is 0.164. The third-order valence-corrected chi connectivity index (χ3v) is 6.37. The van der Waals surface area contributed by atoms with Gasteiger partial charge in [-0.25, -0.2) is 5.43 Å². The Morgan fingerprint density at radius 2 is 1.87 bits per heavy atom. The van der Waals surface area contributed by atoms with Gasteiger partial charge in [-0.15, -0.1) is 0 Å². The summed E-state index contributed by atoms with van der Waals surface area (Å²) in [5.41, 5.74) is 3.14. The lowest BCUT2D eigenvalue weighted by Gasteiger charge is -2.39. The van der Waals surface area contributed by atoms with Crippen LogP contribution in [0.3, 0.4) is 0 Å². The molecule has 30 heavy (non-hydrogen) atoms. The highest BCUT2D eigenvalue weighted by Gasteiger charge is 2.34. The highest BCUT2D eigenvalue weighted by atomic mass is 16.3. The Bertz CT molecular complexity index is 549. The van der Waals surface area contributed by atoms with Crippen LogP contribution in [-0.2, 0) is 4.79 Å². The molecule has 0 aromatic rings. The maximum Gasteiger partial charge on any atom is 0.262 e. The number of carbonyl (C=O) groups excluding carboxylic acids is 1. The van der Waals surface area contributed by atoms with Crippen molar-refractivity contribution in [3.63, 3.8) is 0 Å². The molecule has 1 amide bonds. The normalized spacial score (nSPS) is 29.4. The fourth-order valence-corrected chi connectivity index (χ4v) is 4.51. The highest BCUT2D eigenvalue weighted by molar-refractivity contribution is 5.87. The largest absolute Gasteiger partial charge is 0.379 e. The number of hydrogen-bond donors (Lipinski definition) is 5. The van der Waals surface area contributed by atoms with Gasteiger partial charge in [0.25, 0.3) is 5.91 Å². The van der Waals surface area contributed by atoms with Gasteiger partial charge in [-0.3, -0.25) is 20.0 Å². The molecular weight excluding hydrogens is 384 g/mol. The van der Waals surface area contributed by atoms with Gasteiger partial charge in [-0.1, -0.05) is 6.92 Å². The summed E-state index contributed by atoms with van der Waals surface area (Å²) >= 11 is 0. The zero-order valence-electron chi connectivity index (χ0n) is 18.3. The van der Waals surface area contributed by atoms with E-state index in [-0.39, 0.29) is 5.91 Å². The van der Waals surface area contributed by atoms with Gasteiger partial charge in [-0.2, -0.15) is 0 Å². The molecule has 9 nitrogen and oxygen atoms in total. The van der Waals surface area contributed by atoms with Crippen LogP contribution < -0.4 is 16.1 Å². The number of nitrogens with zero attached hydrogens (tertiary/aromatic N) is 3. The van der Waals surface area contributed by atoms with Crippen molar-refractivity contribution in [2.45, 2.75) is 57.5 Å². The van der Waals surface area contributed by atoms with E-state index in [0.29, 0.717) is 19.4 Å². The molecule has 0 saturated carbocycles. The number of hydrogen-bond acceptors (Lipinski definition) is 8. The molecule has 0 aromatic carbocycles. The second-order valence-electron chi connectivity index (χ2n) is 8.73. The molecule has 3 heterocycles. The highest BCUT2D eigenvalue weighted by Crippen LogP contribution is 2.17. The summed E-state index contributed by atoms with van der Waals surface area (Å²) in [5.74, 6) is 0.644. The molecule has 3 atom stereocenters. The van der Waals surface area contributed by atoms with Gasteiger partial charge < -0.3 is 20.4 Å². The van der Waals surface area contributed by atoms with E-state index in [1.165, 1.54) is 24.4 Å². The second kappa shape index (κ2) is 12.0. The molecule has 0 aliphatic carbocycles. The fraction of sp³-hybridized carbons (Fsp3) is 0.857. The monoisotopic (exact) mass is 424 g/mol. The first kappa shape index (κ1) is 23.4. The van der Waals surface area contributed by atoms with Crippen LogP contribution in [0.25, 0.3) is 0 Å². The van der Waals surface area contributed by atoms with Gasteiger partial charge in [0, 0.05) is 51.5 Å². The molecule has 172 valence electrons. The van der Waals surface area contributed by atoms with Crippen molar-refractivity contribution in [1.82, 2.24) is 30.9 Å². The number of aliphatic hydroxyl groups excluding tert-OH is 2. The molecular formula is C21H40N6O3. The van der Waals surface area contributed by atoms with Gasteiger partial charge in [0.15, 0.2) is 0 Å². The summed E-state index contributed by atoms with van der Waals surface area (Å²) in [6, 6.07) is -0.404. The number of aliphatic hydroxyl groups is 2. The maximum absolute atomic E-state index is 12.9. The quantitative estimate of drug-likeness (QED) is 0.256. The minimum Gasteiger partial charge on any atom is -0.379 e. The number of hydrazine groups is 1. The van der Waals surface area contributed by atoms with E-state index in [9.17, 15) is 15.0 Å².